The highest BCUT2D eigenvalue weighted by Gasteiger charge is 2.07. The fourth-order valence-corrected chi connectivity index (χ4v) is 1.53. The van der Waals surface area contributed by atoms with Crippen molar-refractivity contribution in [1.82, 2.24) is 0 Å². The minimum atomic E-state index is 0.00176. The Morgan fingerprint density at radius 1 is 1.50 bits per heavy atom. The van der Waals surface area contributed by atoms with Crippen LogP contribution in [0.1, 0.15) is 24.1 Å². The largest absolute Gasteiger partial charge is 0.507 e. The summed E-state index contributed by atoms with van der Waals surface area (Å²) >= 11 is 3.24. The fraction of sp³-hybridized carbons (Fsp3) is 0.333. The van der Waals surface area contributed by atoms with E-state index in [4.69, 9.17) is 5.73 Å². The number of aromatic hydroxyl groups is 1. The van der Waals surface area contributed by atoms with Gasteiger partial charge in [-0.25, -0.2) is 0 Å². The van der Waals surface area contributed by atoms with E-state index in [0.29, 0.717) is 4.47 Å². The van der Waals surface area contributed by atoms with Crippen LogP contribution in [0.15, 0.2) is 16.6 Å². The molecular formula is C9H12BrNO. The molecule has 1 aromatic rings. The lowest BCUT2D eigenvalue weighted by Crippen LogP contribution is -2.06. The molecule has 2 nitrogen and oxygen atoms in total. The van der Waals surface area contributed by atoms with Crippen molar-refractivity contribution in [3.63, 3.8) is 0 Å². The number of halogens is 1. The van der Waals surface area contributed by atoms with Crippen LogP contribution in [0.2, 0.25) is 0 Å². The zero-order chi connectivity index (χ0) is 9.30. The molecule has 3 N–H and O–H groups in total. The lowest BCUT2D eigenvalue weighted by Gasteiger charge is -2.10. The van der Waals surface area contributed by atoms with Gasteiger partial charge < -0.3 is 10.8 Å². The van der Waals surface area contributed by atoms with E-state index in [1.807, 2.05) is 19.9 Å². The highest BCUT2D eigenvalue weighted by molar-refractivity contribution is 9.10. The second-order valence-corrected chi connectivity index (χ2v) is 3.80. The van der Waals surface area contributed by atoms with Crippen molar-refractivity contribution < 1.29 is 5.11 Å². The van der Waals surface area contributed by atoms with Gasteiger partial charge in [0, 0.05) is 6.04 Å². The number of benzene rings is 1. The van der Waals surface area contributed by atoms with Crippen LogP contribution in [0.5, 0.6) is 5.75 Å². The molecule has 0 aliphatic carbocycles. The van der Waals surface area contributed by atoms with E-state index >= 15 is 0 Å². The van der Waals surface area contributed by atoms with E-state index in [1.54, 1.807) is 6.07 Å². The van der Waals surface area contributed by atoms with Crippen LogP contribution in [-0.2, 0) is 0 Å². The van der Waals surface area contributed by atoms with Crippen molar-refractivity contribution in [2.24, 2.45) is 5.73 Å². The second-order valence-electron chi connectivity index (χ2n) is 2.95. The maximum Gasteiger partial charge on any atom is 0.130 e. The zero-order valence-electron chi connectivity index (χ0n) is 7.13. The Labute approximate surface area is 80.5 Å². The molecule has 0 fully saturated rings. The topological polar surface area (TPSA) is 46.2 Å². The summed E-state index contributed by atoms with van der Waals surface area (Å²) in [5.41, 5.74) is 7.81. The van der Waals surface area contributed by atoms with Crippen LogP contribution in [0.25, 0.3) is 0 Å². The van der Waals surface area contributed by atoms with Crippen LogP contribution in [0.4, 0.5) is 0 Å². The molecule has 1 unspecified atom stereocenters. The molecule has 1 atom stereocenters. The van der Waals surface area contributed by atoms with Crippen LogP contribution >= 0.6 is 15.9 Å². The van der Waals surface area contributed by atoms with Gasteiger partial charge in [-0.05, 0) is 53.0 Å². The predicted molar refractivity (Wildman–Crippen MR) is 53.1 cm³/mol. The highest BCUT2D eigenvalue weighted by atomic mass is 79.9. The first kappa shape index (κ1) is 9.55. The Morgan fingerprint density at radius 2 is 2.08 bits per heavy atom. The van der Waals surface area contributed by atoms with E-state index in [2.05, 4.69) is 15.9 Å². The van der Waals surface area contributed by atoms with Gasteiger partial charge in [0.2, 0.25) is 0 Å². The van der Waals surface area contributed by atoms with Gasteiger partial charge in [-0.3, -0.25) is 0 Å². The first-order chi connectivity index (χ1) is 5.52. The van der Waals surface area contributed by atoms with Gasteiger partial charge in [-0.2, -0.15) is 0 Å². The number of phenolic OH excluding ortho intramolecular Hbond substituents is 1. The average molecular weight is 230 g/mol. The molecule has 66 valence electrons. The second kappa shape index (κ2) is 3.46. The molecule has 1 rings (SSSR count). The van der Waals surface area contributed by atoms with Crippen molar-refractivity contribution >= 4 is 15.9 Å². The number of phenols is 1. The van der Waals surface area contributed by atoms with Crippen molar-refractivity contribution in [3.05, 3.63) is 27.7 Å². The molecule has 0 aliphatic rings. The van der Waals surface area contributed by atoms with Crippen LogP contribution in [0.3, 0.4) is 0 Å². The zero-order valence-corrected chi connectivity index (χ0v) is 8.72. The van der Waals surface area contributed by atoms with Gasteiger partial charge in [0.05, 0.1) is 4.47 Å². The molecule has 0 spiro atoms. The third-order valence-electron chi connectivity index (χ3n) is 1.83. The number of rotatable bonds is 1. The van der Waals surface area contributed by atoms with Gasteiger partial charge in [0.15, 0.2) is 0 Å². The van der Waals surface area contributed by atoms with Crippen molar-refractivity contribution in [1.29, 1.82) is 0 Å². The predicted octanol–water partition coefficient (Wildman–Crippen LogP) is 2.48. The summed E-state index contributed by atoms with van der Waals surface area (Å²) in [6, 6.07) is 3.57. The van der Waals surface area contributed by atoms with Crippen molar-refractivity contribution in [3.8, 4) is 5.75 Å². The van der Waals surface area contributed by atoms with Crippen molar-refractivity contribution in [2.45, 2.75) is 19.9 Å². The Hall–Kier alpha value is -0.540. The maximum atomic E-state index is 9.32. The molecule has 0 saturated heterocycles. The van der Waals surface area contributed by atoms with Crippen LogP contribution in [-0.4, -0.2) is 5.11 Å². The molecule has 0 heterocycles. The molecule has 3 heteroatoms. The summed E-state index contributed by atoms with van der Waals surface area (Å²) in [5, 5.41) is 9.32. The van der Waals surface area contributed by atoms with E-state index in [1.165, 1.54) is 0 Å². The molecule has 0 amide bonds. The molecule has 0 radical (unpaired) electrons. The molecular weight excluding hydrogens is 218 g/mol. The lowest BCUT2D eigenvalue weighted by molar-refractivity contribution is 0.471. The fourth-order valence-electron chi connectivity index (χ4n) is 1.17. The summed E-state index contributed by atoms with van der Waals surface area (Å²) in [6.45, 7) is 3.86. The van der Waals surface area contributed by atoms with Gasteiger partial charge in [0.25, 0.3) is 0 Å². The number of hydrogen-bond donors (Lipinski definition) is 2. The van der Waals surface area contributed by atoms with Gasteiger partial charge >= 0.3 is 0 Å². The SMILES string of the molecule is Cc1cc(O)c(Br)cc1C(C)N. The molecule has 12 heavy (non-hydrogen) atoms. The third kappa shape index (κ3) is 1.79. The van der Waals surface area contributed by atoms with Gasteiger partial charge in [-0.15, -0.1) is 0 Å². The Kier molecular flexibility index (Phi) is 2.75. The first-order valence-corrected chi connectivity index (χ1v) is 4.56. The number of hydrogen-bond acceptors (Lipinski definition) is 2. The quantitative estimate of drug-likeness (QED) is 0.778. The van der Waals surface area contributed by atoms with Gasteiger partial charge in [0.1, 0.15) is 5.75 Å². The summed E-state index contributed by atoms with van der Waals surface area (Å²) in [7, 11) is 0. The molecule has 0 saturated carbocycles. The van der Waals surface area contributed by atoms with Crippen LogP contribution in [0, 0.1) is 6.92 Å². The summed E-state index contributed by atoms with van der Waals surface area (Å²) in [6.07, 6.45) is 0. The molecule has 1 aromatic carbocycles. The molecule has 0 aromatic heterocycles. The Balaban J connectivity index is 3.23. The molecule has 0 bridgehead atoms. The minimum Gasteiger partial charge on any atom is -0.507 e. The Morgan fingerprint density at radius 3 is 2.58 bits per heavy atom. The van der Waals surface area contributed by atoms with Gasteiger partial charge in [-0.1, -0.05) is 0 Å². The highest BCUT2D eigenvalue weighted by Crippen LogP contribution is 2.29. The number of nitrogens with two attached hydrogens (primary N) is 1. The lowest BCUT2D eigenvalue weighted by atomic mass is 10.0. The molecule has 0 aliphatic heterocycles. The Bertz CT molecular complexity index is 297. The van der Waals surface area contributed by atoms with Crippen LogP contribution < -0.4 is 5.73 Å². The maximum absolute atomic E-state index is 9.32. The summed E-state index contributed by atoms with van der Waals surface area (Å²) in [4.78, 5) is 0. The minimum absolute atomic E-state index is 0.00176. The third-order valence-corrected chi connectivity index (χ3v) is 2.46. The summed E-state index contributed by atoms with van der Waals surface area (Å²) in [5.74, 6) is 0.261. The average Bonchev–Trinajstić information content (AvgIpc) is 1.96. The monoisotopic (exact) mass is 229 g/mol. The summed E-state index contributed by atoms with van der Waals surface area (Å²) < 4.78 is 0.695. The van der Waals surface area contributed by atoms with E-state index in [9.17, 15) is 5.11 Å². The van der Waals surface area contributed by atoms with Crippen molar-refractivity contribution in [2.75, 3.05) is 0 Å². The van der Waals surface area contributed by atoms with E-state index in [0.717, 1.165) is 11.1 Å². The normalized spacial score (nSPS) is 13.0. The number of aryl methyl sites for hydroxylation is 1. The standard InChI is InChI=1S/C9H12BrNO/c1-5-3-9(12)8(10)4-7(5)6(2)11/h3-4,6,12H,11H2,1-2H3. The van der Waals surface area contributed by atoms with E-state index < -0.39 is 0 Å². The smallest absolute Gasteiger partial charge is 0.130 e. The first-order valence-electron chi connectivity index (χ1n) is 3.77. The van der Waals surface area contributed by atoms with E-state index in [-0.39, 0.29) is 11.8 Å².